The summed E-state index contributed by atoms with van der Waals surface area (Å²) in [5.74, 6) is 6.34. The first kappa shape index (κ1) is 12.7. The number of nitrogens with two attached hydrogens (primary N) is 1. The maximum atomic E-state index is 5.88. The Morgan fingerprint density at radius 3 is 2.60 bits per heavy atom. The summed E-state index contributed by atoms with van der Waals surface area (Å²) >= 11 is 5.88. The molecule has 0 saturated carbocycles. The lowest BCUT2D eigenvalue weighted by Crippen LogP contribution is -2.09. The van der Waals surface area contributed by atoms with E-state index in [1.807, 2.05) is 48.5 Å². The summed E-state index contributed by atoms with van der Waals surface area (Å²) in [5, 5.41) is 4.56. The van der Waals surface area contributed by atoms with Crippen molar-refractivity contribution in [2.24, 2.45) is 10.9 Å². The summed E-state index contributed by atoms with van der Waals surface area (Å²) in [6, 6.07) is 15.3. The fraction of sp³-hybridized carbons (Fsp3) is 0.0667. The summed E-state index contributed by atoms with van der Waals surface area (Å²) in [5.41, 5.74) is 3.66. The molecule has 0 aliphatic rings. The van der Waals surface area contributed by atoms with Crippen LogP contribution in [0.3, 0.4) is 0 Å². The Bertz CT molecular complexity index is 726. The van der Waals surface area contributed by atoms with Crippen LogP contribution in [-0.2, 0) is 6.42 Å². The monoisotopic (exact) mass is 284 g/mol. The van der Waals surface area contributed by atoms with Gasteiger partial charge in [-0.2, -0.15) is 5.10 Å². The second-order valence-corrected chi connectivity index (χ2v) is 4.90. The molecule has 0 saturated heterocycles. The van der Waals surface area contributed by atoms with Crippen molar-refractivity contribution in [2.45, 2.75) is 6.42 Å². The molecule has 100 valence electrons. The van der Waals surface area contributed by atoms with Gasteiger partial charge in [-0.15, -0.1) is 0 Å². The van der Waals surface area contributed by atoms with Crippen molar-refractivity contribution in [1.82, 2.24) is 9.97 Å². The Kier molecular flexibility index (Phi) is 3.39. The van der Waals surface area contributed by atoms with E-state index in [9.17, 15) is 0 Å². The Labute approximate surface area is 121 Å². The molecule has 3 N–H and O–H groups in total. The van der Waals surface area contributed by atoms with Gasteiger partial charge in [0.1, 0.15) is 5.82 Å². The lowest BCUT2D eigenvalue weighted by molar-refractivity contribution is 1.08. The van der Waals surface area contributed by atoms with Gasteiger partial charge in [-0.1, -0.05) is 35.9 Å². The minimum Gasteiger partial charge on any atom is -0.342 e. The average Bonchev–Trinajstić information content (AvgIpc) is 2.88. The number of halogens is 1. The normalized spacial score (nSPS) is 11.9. The summed E-state index contributed by atoms with van der Waals surface area (Å²) in [6.07, 6.45) is 0.548. The van der Waals surface area contributed by atoms with E-state index in [4.69, 9.17) is 17.4 Å². The molecule has 0 bridgehead atoms. The Balaban J connectivity index is 1.90. The van der Waals surface area contributed by atoms with Crippen LogP contribution in [-0.4, -0.2) is 15.7 Å². The highest BCUT2D eigenvalue weighted by atomic mass is 35.5. The molecule has 4 nitrogen and oxygen atoms in total. The van der Waals surface area contributed by atoms with E-state index in [-0.39, 0.29) is 0 Å². The van der Waals surface area contributed by atoms with Gasteiger partial charge in [-0.25, -0.2) is 4.98 Å². The maximum Gasteiger partial charge on any atom is 0.113 e. The lowest BCUT2D eigenvalue weighted by Gasteiger charge is -2.03. The van der Waals surface area contributed by atoms with Crippen molar-refractivity contribution < 1.29 is 0 Å². The molecule has 0 aliphatic heterocycles. The summed E-state index contributed by atoms with van der Waals surface area (Å²) < 4.78 is 0. The van der Waals surface area contributed by atoms with Crippen LogP contribution in [0.15, 0.2) is 53.6 Å². The van der Waals surface area contributed by atoms with E-state index in [0.29, 0.717) is 11.4 Å². The maximum absolute atomic E-state index is 5.88. The number of hydrogen-bond acceptors (Lipinski definition) is 3. The predicted molar refractivity (Wildman–Crippen MR) is 82.0 cm³/mol. The van der Waals surface area contributed by atoms with E-state index in [0.717, 1.165) is 28.1 Å². The van der Waals surface area contributed by atoms with Crippen molar-refractivity contribution in [1.29, 1.82) is 0 Å². The zero-order valence-electron chi connectivity index (χ0n) is 10.7. The fourth-order valence-corrected chi connectivity index (χ4v) is 2.24. The first-order valence-electron chi connectivity index (χ1n) is 6.22. The van der Waals surface area contributed by atoms with Crippen LogP contribution >= 0.6 is 11.6 Å². The zero-order valence-corrected chi connectivity index (χ0v) is 11.4. The van der Waals surface area contributed by atoms with Crippen LogP contribution in [0.1, 0.15) is 11.4 Å². The second kappa shape index (κ2) is 5.35. The molecular formula is C15H13ClN4. The number of nitrogens with one attached hydrogen (secondary N) is 1. The van der Waals surface area contributed by atoms with Gasteiger partial charge >= 0.3 is 0 Å². The van der Waals surface area contributed by atoms with Crippen LogP contribution < -0.4 is 5.84 Å². The Morgan fingerprint density at radius 2 is 1.90 bits per heavy atom. The van der Waals surface area contributed by atoms with E-state index in [1.54, 1.807) is 0 Å². The van der Waals surface area contributed by atoms with Crippen molar-refractivity contribution >= 4 is 28.3 Å². The van der Waals surface area contributed by atoms with E-state index in [1.165, 1.54) is 0 Å². The van der Waals surface area contributed by atoms with Crippen molar-refractivity contribution in [3.8, 4) is 0 Å². The highest BCUT2D eigenvalue weighted by molar-refractivity contribution is 6.30. The molecule has 1 aromatic heterocycles. The van der Waals surface area contributed by atoms with E-state index >= 15 is 0 Å². The third-order valence-electron chi connectivity index (χ3n) is 3.11. The standard InChI is InChI=1S/C15H13ClN4/c16-11-7-5-10(6-8-11)14(20-17)9-15-18-12-3-1-2-4-13(12)19-15/h1-8H,9,17H2,(H,18,19). The number of hydrogen-bond donors (Lipinski definition) is 2. The molecule has 5 heteroatoms. The van der Waals surface area contributed by atoms with Gasteiger partial charge in [0.05, 0.1) is 23.2 Å². The Hall–Kier alpha value is -2.33. The van der Waals surface area contributed by atoms with Gasteiger partial charge in [-0.05, 0) is 29.8 Å². The lowest BCUT2D eigenvalue weighted by atomic mass is 10.1. The molecule has 3 aromatic rings. The first-order chi connectivity index (χ1) is 9.76. The third kappa shape index (κ3) is 2.51. The van der Waals surface area contributed by atoms with Gasteiger partial charge in [0.25, 0.3) is 0 Å². The number of aromatic nitrogens is 2. The summed E-state index contributed by atoms with van der Waals surface area (Å²) in [6.45, 7) is 0. The molecule has 0 radical (unpaired) electrons. The molecular weight excluding hydrogens is 272 g/mol. The predicted octanol–water partition coefficient (Wildman–Crippen LogP) is 3.12. The van der Waals surface area contributed by atoms with Crippen molar-refractivity contribution in [2.75, 3.05) is 0 Å². The Morgan fingerprint density at radius 1 is 1.15 bits per heavy atom. The highest BCUT2D eigenvalue weighted by Gasteiger charge is 2.09. The van der Waals surface area contributed by atoms with Crippen LogP contribution in [0.2, 0.25) is 5.02 Å². The SMILES string of the molecule is NN=C(Cc1nc2ccccc2[nH]1)c1ccc(Cl)cc1. The minimum absolute atomic E-state index is 0.548. The number of rotatable bonds is 3. The number of hydrazone groups is 1. The molecule has 20 heavy (non-hydrogen) atoms. The van der Waals surface area contributed by atoms with Gasteiger partial charge in [0, 0.05) is 5.02 Å². The second-order valence-electron chi connectivity index (χ2n) is 4.46. The molecule has 3 rings (SSSR count). The number of fused-ring (bicyclic) bond motifs is 1. The summed E-state index contributed by atoms with van der Waals surface area (Å²) in [4.78, 5) is 7.79. The van der Waals surface area contributed by atoms with Gasteiger partial charge < -0.3 is 10.8 Å². The highest BCUT2D eigenvalue weighted by Crippen LogP contribution is 2.14. The quantitative estimate of drug-likeness (QED) is 0.441. The number of nitrogens with zero attached hydrogens (tertiary/aromatic N) is 2. The number of aromatic amines is 1. The largest absolute Gasteiger partial charge is 0.342 e. The summed E-state index contributed by atoms with van der Waals surface area (Å²) in [7, 11) is 0. The number of para-hydroxylation sites is 2. The van der Waals surface area contributed by atoms with Crippen molar-refractivity contribution in [3.05, 3.63) is 64.9 Å². The fourth-order valence-electron chi connectivity index (χ4n) is 2.11. The average molecular weight is 285 g/mol. The molecule has 1 heterocycles. The van der Waals surface area contributed by atoms with Crippen LogP contribution in [0, 0.1) is 0 Å². The van der Waals surface area contributed by atoms with Crippen molar-refractivity contribution in [3.63, 3.8) is 0 Å². The van der Waals surface area contributed by atoms with Crippen LogP contribution in [0.4, 0.5) is 0 Å². The van der Waals surface area contributed by atoms with Crippen LogP contribution in [0.25, 0.3) is 11.0 Å². The van der Waals surface area contributed by atoms with Crippen LogP contribution in [0.5, 0.6) is 0 Å². The number of H-pyrrole nitrogens is 1. The van der Waals surface area contributed by atoms with E-state index in [2.05, 4.69) is 15.1 Å². The smallest absolute Gasteiger partial charge is 0.113 e. The topological polar surface area (TPSA) is 67.1 Å². The molecule has 0 amide bonds. The number of imidazole rings is 1. The molecule has 0 aliphatic carbocycles. The first-order valence-corrected chi connectivity index (χ1v) is 6.60. The van der Waals surface area contributed by atoms with Gasteiger partial charge in [0.2, 0.25) is 0 Å². The molecule has 0 unspecified atom stereocenters. The van der Waals surface area contributed by atoms with Gasteiger partial charge in [-0.3, -0.25) is 0 Å². The minimum atomic E-state index is 0.548. The number of benzene rings is 2. The zero-order chi connectivity index (χ0) is 13.9. The third-order valence-corrected chi connectivity index (χ3v) is 3.36. The van der Waals surface area contributed by atoms with E-state index < -0.39 is 0 Å². The molecule has 0 spiro atoms. The van der Waals surface area contributed by atoms with Gasteiger partial charge in [0.15, 0.2) is 0 Å². The molecule has 0 fully saturated rings. The molecule has 2 aromatic carbocycles. The molecule has 0 atom stereocenters.